The number of primary amides is 1. The summed E-state index contributed by atoms with van der Waals surface area (Å²) in [5.74, 6) is -3.32. The fourth-order valence-corrected chi connectivity index (χ4v) is 9.24. The summed E-state index contributed by atoms with van der Waals surface area (Å²) in [5.41, 5.74) is 4.34. The number of nitrogens with one attached hydrogen (secondary N) is 3. The van der Waals surface area contributed by atoms with Gasteiger partial charge in [0.1, 0.15) is 12.1 Å². The molecule has 0 radical (unpaired) electrons. The number of rotatable bonds is 13. The number of carbonyl (C=O) groups is 5. The van der Waals surface area contributed by atoms with Crippen molar-refractivity contribution in [3.05, 3.63) is 35.9 Å². The van der Waals surface area contributed by atoms with Crippen molar-refractivity contribution in [3.8, 4) is 0 Å². The summed E-state index contributed by atoms with van der Waals surface area (Å²) in [6, 6.07) is 4.33. The Morgan fingerprint density at radius 2 is 1.55 bits per heavy atom. The van der Waals surface area contributed by atoms with Gasteiger partial charge in [-0.05, 0) is 46.0 Å². The highest BCUT2D eigenvalue weighted by atomic mass is 32.2. The van der Waals surface area contributed by atoms with Gasteiger partial charge in [-0.15, -0.1) is 0 Å². The van der Waals surface area contributed by atoms with E-state index in [1.807, 2.05) is 40.7 Å². The molecule has 272 valence electrons. The normalized spacial score (nSPS) is 23.7. The molecule has 12 nitrogen and oxygen atoms in total. The summed E-state index contributed by atoms with van der Waals surface area (Å²) >= 11 is 0. The first-order chi connectivity index (χ1) is 22.5. The Morgan fingerprint density at radius 1 is 0.939 bits per heavy atom. The topological polar surface area (TPSA) is 185 Å². The molecule has 0 aromatic heterocycles. The van der Waals surface area contributed by atoms with Gasteiger partial charge in [0.25, 0.3) is 5.91 Å². The third-order valence-electron chi connectivity index (χ3n) is 10.8. The zero-order valence-corrected chi connectivity index (χ0v) is 31.0. The largest absolute Gasteiger partial charge is 0.363 e. The highest BCUT2D eigenvalue weighted by Gasteiger charge is 2.70. The van der Waals surface area contributed by atoms with E-state index in [0.717, 1.165) is 19.3 Å². The Hall–Kier alpha value is -3.48. The van der Waals surface area contributed by atoms with Crippen LogP contribution in [0, 0.1) is 34.0 Å². The van der Waals surface area contributed by atoms with Crippen molar-refractivity contribution in [2.24, 2.45) is 39.7 Å². The fraction of sp³-hybridized carbons (Fsp3) is 0.694. The molecule has 1 aliphatic heterocycles. The number of nitrogens with two attached hydrogens (primary N) is 1. The molecule has 1 aromatic carbocycles. The molecule has 49 heavy (non-hydrogen) atoms. The standard InChI is InChI=1S/C36H55N5O7S/c1-34(2,3)25(20-49(47,48)19-22-13-10-9-11-14-22)39-33(46)40-29(35(4,5)6)32(45)41-18-23-26(36(23,7)8)27(41)31(44)38-24(28(42)30(37)43)17-21-15-12-16-21/h9-11,13-14,21,23-27,29H,12,15-20H2,1-8H3,(H2,37,43)(H,38,44)(H2,39,40,46)/t23?,24?,25?,26-,27-,29+/m0/s1. The molecule has 2 aliphatic carbocycles. The maximum absolute atomic E-state index is 14.4. The lowest BCUT2D eigenvalue weighted by Crippen LogP contribution is -2.62. The first-order valence-electron chi connectivity index (χ1n) is 17.3. The predicted molar refractivity (Wildman–Crippen MR) is 186 cm³/mol. The van der Waals surface area contributed by atoms with Gasteiger partial charge in [0.15, 0.2) is 9.84 Å². The second kappa shape index (κ2) is 14.0. The van der Waals surface area contributed by atoms with Crippen LogP contribution in [-0.4, -0.2) is 79.3 Å². The van der Waals surface area contributed by atoms with Crippen molar-refractivity contribution in [3.63, 3.8) is 0 Å². The van der Waals surface area contributed by atoms with E-state index in [0.29, 0.717) is 18.5 Å². The Morgan fingerprint density at radius 3 is 2.06 bits per heavy atom. The van der Waals surface area contributed by atoms with E-state index in [-0.39, 0.29) is 34.7 Å². The van der Waals surface area contributed by atoms with Gasteiger partial charge < -0.3 is 26.6 Å². The van der Waals surface area contributed by atoms with Crippen LogP contribution in [0.5, 0.6) is 0 Å². The van der Waals surface area contributed by atoms with Crippen molar-refractivity contribution in [1.29, 1.82) is 0 Å². The van der Waals surface area contributed by atoms with Crippen molar-refractivity contribution in [2.75, 3.05) is 12.3 Å². The first-order valence-corrected chi connectivity index (χ1v) is 19.1. The highest BCUT2D eigenvalue weighted by molar-refractivity contribution is 7.90. The van der Waals surface area contributed by atoms with E-state index in [9.17, 15) is 32.4 Å². The number of carbonyl (C=O) groups excluding carboxylic acids is 5. The molecule has 1 heterocycles. The number of hydrogen-bond acceptors (Lipinski definition) is 7. The summed E-state index contributed by atoms with van der Waals surface area (Å²) in [6.45, 7) is 15.3. The van der Waals surface area contributed by atoms with E-state index >= 15 is 0 Å². The maximum atomic E-state index is 14.4. The van der Waals surface area contributed by atoms with Gasteiger partial charge >= 0.3 is 6.03 Å². The van der Waals surface area contributed by atoms with Crippen LogP contribution in [0.15, 0.2) is 30.3 Å². The number of fused-ring (bicyclic) bond motifs is 1. The molecule has 1 saturated heterocycles. The van der Waals surface area contributed by atoms with Gasteiger partial charge in [0, 0.05) is 12.6 Å². The Kier molecular flexibility index (Phi) is 11.0. The van der Waals surface area contributed by atoms with Crippen molar-refractivity contribution < 1.29 is 32.4 Å². The lowest BCUT2D eigenvalue weighted by atomic mass is 9.80. The Balaban J connectivity index is 1.52. The maximum Gasteiger partial charge on any atom is 0.315 e. The lowest BCUT2D eigenvalue weighted by molar-refractivity contribution is -0.145. The van der Waals surface area contributed by atoms with E-state index in [1.165, 1.54) is 4.90 Å². The monoisotopic (exact) mass is 701 g/mol. The number of piperidine rings is 1. The molecule has 13 heteroatoms. The minimum Gasteiger partial charge on any atom is -0.363 e. The average molecular weight is 702 g/mol. The molecule has 2 saturated carbocycles. The minimum atomic E-state index is -3.62. The van der Waals surface area contributed by atoms with Crippen molar-refractivity contribution in [1.82, 2.24) is 20.9 Å². The van der Waals surface area contributed by atoms with E-state index in [2.05, 4.69) is 16.0 Å². The van der Waals surface area contributed by atoms with Crippen LogP contribution in [0.3, 0.4) is 0 Å². The molecule has 0 spiro atoms. The van der Waals surface area contributed by atoms with E-state index in [1.54, 1.807) is 45.0 Å². The van der Waals surface area contributed by atoms with Gasteiger partial charge in [0.05, 0.1) is 17.5 Å². The Labute approximate surface area is 291 Å². The van der Waals surface area contributed by atoms with Gasteiger partial charge in [-0.3, -0.25) is 19.2 Å². The summed E-state index contributed by atoms with van der Waals surface area (Å²) in [4.78, 5) is 68.0. The number of amides is 5. The molecule has 5 amide bonds. The zero-order valence-electron chi connectivity index (χ0n) is 30.2. The average Bonchev–Trinajstić information content (AvgIpc) is 3.26. The lowest BCUT2D eigenvalue weighted by Gasteiger charge is -2.39. The Bertz CT molecular complexity index is 1540. The molecule has 3 aliphatic rings. The van der Waals surface area contributed by atoms with Crippen LogP contribution < -0.4 is 21.7 Å². The number of benzene rings is 1. The van der Waals surface area contributed by atoms with Gasteiger partial charge in [-0.2, -0.15) is 0 Å². The number of likely N-dealkylation sites (tertiary alicyclic amines) is 1. The van der Waals surface area contributed by atoms with Gasteiger partial charge in [-0.25, -0.2) is 13.2 Å². The number of hydrogen-bond donors (Lipinski definition) is 4. The van der Waals surface area contributed by atoms with Crippen LogP contribution >= 0.6 is 0 Å². The summed E-state index contributed by atoms with van der Waals surface area (Å²) in [5, 5.41) is 8.42. The second-order valence-corrected chi connectivity index (χ2v) is 19.2. The number of ketones is 1. The van der Waals surface area contributed by atoms with Gasteiger partial charge in [0.2, 0.25) is 17.6 Å². The highest BCUT2D eigenvalue weighted by Crippen LogP contribution is 2.65. The van der Waals surface area contributed by atoms with Crippen LogP contribution in [0.25, 0.3) is 0 Å². The van der Waals surface area contributed by atoms with Crippen LogP contribution in [0.4, 0.5) is 4.79 Å². The number of nitrogens with zero attached hydrogens (tertiary/aromatic N) is 1. The molecule has 3 fully saturated rings. The third kappa shape index (κ3) is 9.01. The number of urea groups is 1. The van der Waals surface area contributed by atoms with E-state index in [4.69, 9.17) is 5.73 Å². The van der Waals surface area contributed by atoms with E-state index < -0.39 is 74.4 Å². The summed E-state index contributed by atoms with van der Waals surface area (Å²) < 4.78 is 26.4. The molecular weight excluding hydrogens is 646 g/mol. The number of Topliss-reactive ketones (excluding diaryl/α,β-unsaturated/α-hetero) is 1. The molecule has 6 atom stereocenters. The minimum absolute atomic E-state index is 0.0404. The summed E-state index contributed by atoms with van der Waals surface area (Å²) in [6.07, 6.45) is 3.14. The molecule has 1 aromatic rings. The first kappa shape index (κ1) is 38.3. The quantitative estimate of drug-likeness (QED) is 0.228. The SMILES string of the molecule is CC(C)(C)C(CS(=O)(=O)Cc1ccccc1)NC(=O)N[C@H](C(=O)N1CC2[C@@H]([C@H]1C(=O)NC(CC1CCC1)C(=O)C(N)=O)C2(C)C)C(C)(C)C. The zero-order chi connectivity index (χ0) is 36.7. The molecule has 4 rings (SSSR count). The van der Waals surface area contributed by atoms with Crippen molar-refractivity contribution >= 4 is 39.4 Å². The predicted octanol–water partition coefficient (Wildman–Crippen LogP) is 2.94. The van der Waals surface area contributed by atoms with Crippen molar-refractivity contribution in [2.45, 2.75) is 111 Å². The number of sulfone groups is 1. The molecular formula is C36H55N5O7S. The third-order valence-corrected chi connectivity index (χ3v) is 12.4. The summed E-state index contributed by atoms with van der Waals surface area (Å²) in [7, 11) is -3.62. The molecule has 0 bridgehead atoms. The fourth-order valence-electron chi connectivity index (χ4n) is 7.33. The molecule has 3 unspecified atom stereocenters. The van der Waals surface area contributed by atoms with Gasteiger partial charge in [-0.1, -0.05) is 105 Å². The van der Waals surface area contributed by atoms with Crippen LogP contribution in [0.1, 0.15) is 86.6 Å². The van der Waals surface area contributed by atoms with Crippen LogP contribution in [-0.2, 0) is 34.8 Å². The molecule has 5 N–H and O–H groups in total. The second-order valence-electron chi connectivity index (χ2n) is 17.1. The smallest absolute Gasteiger partial charge is 0.315 e. The van der Waals surface area contributed by atoms with Crippen LogP contribution in [0.2, 0.25) is 0 Å².